The fourth-order valence-electron chi connectivity index (χ4n) is 3.12. The van der Waals surface area contributed by atoms with Crippen LogP contribution in [-0.2, 0) is 19.6 Å². The molecule has 1 atom stereocenters. The third-order valence-electron chi connectivity index (χ3n) is 4.46. The molecule has 25 heavy (non-hydrogen) atoms. The average Bonchev–Trinajstić information content (AvgIpc) is 3.10. The van der Waals surface area contributed by atoms with E-state index < -0.39 is 21.3 Å². The maximum atomic E-state index is 12.4. The molecule has 1 N–H and O–H groups in total. The van der Waals surface area contributed by atoms with Gasteiger partial charge in [-0.3, -0.25) is 9.59 Å². The Labute approximate surface area is 147 Å². The number of rotatable bonds is 4. The predicted octanol–water partition coefficient (Wildman–Crippen LogP) is 1.30. The number of sulfonamides is 1. The second-order valence-corrected chi connectivity index (χ2v) is 8.92. The molecule has 0 spiro atoms. The Morgan fingerprint density at radius 1 is 1.32 bits per heavy atom. The Balaban J connectivity index is 1.71. The minimum Gasteiger partial charge on any atom is -0.376 e. The zero-order valence-electron chi connectivity index (χ0n) is 14.3. The Hall–Kier alpha value is -1.93. The Kier molecular flexibility index (Phi) is 4.59. The van der Waals surface area contributed by atoms with Crippen molar-refractivity contribution in [2.24, 2.45) is 5.41 Å². The number of hydrogen-bond donors (Lipinski definition) is 1. The summed E-state index contributed by atoms with van der Waals surface area (Å²) >= 11 is 0. The van der Waals surface area contributed by atoms with Crippen LogP contribution < -0.4 is 9.62 Å². The highest BCUT2D eigenvalue weighted by Gasteiger charge is 2.49. The molecule has 2 saturated heterocycles. The smallest absolute Gasteiger partial charge is 0.251 e. The molecule has 1 aromatic carbocycles. The number of nitrogens with zero attached hydrogens (tertiary/aromatic N) is 1. The van der Waals surface area contributed by atoms with Crippen molar-refractivity contribution in [2.75, 3.05) is 23.2 Å². The topological polar surface area (TPSA) is 92.8 Å². The van der Waals surface area contributed by atoms with Gasteiger partial charge < -0.3 is 10.1 Å². The summed E-state index contributed by atoms with van der Waals surface area (Å²) < 4.78 is 30.8. The Morgan fingerprint density at radius 3 is 2.52 bits per heavy atom. The molecular formula is C17H22N2O5S. The number of nitrogens with one attached hydrogen (secondary N) is 1. The SMILES string of the molecule is CC1(C)CS(=O)(=O)N(c2ccc(C(=O)NC[C@H]3CCCO3)cc2)C1=O. The summed E-state index contributed by atoms with van der Waals surface area (Å²) in [6, 6.07) is 6.01. The van der Waals surface area contributed by atoms with Gasteiger partial charge >= 0.3 is 0 Å². The highest BCUT2D eigenvalue weighted by molar-refractivity contribution is 7.94. The maximum Gasteiger partial charge on any atom is 0.251 e. The second kappa shape index (κ2) is 6.42. The molecule has 0 radical (unpaired) electrons. The van der Waals surface area contributed by atoms with Crippen molar-refractivity contribution in [1.82, 2.24) is 5.32 Å². The summed E-state index contributed by atoms with van der Waals surface area (Å²) in [5.74, 6) is -0.927. The summed E-state index contributed by atoms with van der Waals surface area (Å²) in [7, 11) is -3.68. The number of anilines is 1. The summed E-state index contributed by atoms with van der Waals surface area (Å²) in [5, 5.41) is 2.81. The van der Waals surface area contributed by atoms with Gasteiger partial charge in [0.15, 0.2) is 0 Å². The molecule has 2 aliphatic rings. The van der Waals surface area contributed by atoms with E-state index in [4.69, 9.17) is 4.74 Å². The monoisotopic (exact) mass is 366 g/mol. The molecule has 0 aromatic heterocycles. The lowest BCUT2D eigenvalue weighted by Crippen LogP contribution is -2.33. The lowest BCUT2D eigenvalue weighted by Gasteiger charge is -2.17. The molecule has 0 saturated carbocycles. The van der Waals surface area contributed by atoms with Crippen molar-refractivity contribution >= 4 is 27.5 Å². The molecular weight excluding hydrogens is 344 g/mol. The average molecular weight is 366 g/mol. The van der Waals surface area contributed by atoms with Crippen LogP contribution in [0.5, 0.6) is 0 Å². The van der Waals surface area contributed by atoms with E-state index in [0.29, 0.717) is 12.1 Å². The highest BCUT2D eigenvalue weighted by Crippen LogP contribution is 2.35. The number of carbonyl (C=O) groups excluding carboxylic acids is 2. The van der Waals surface area contributed by atoms with Gasteiger partial charge in [0.1, 0.15) is 0 Å². The molecule has 2 amide bonds. The van der Waals surface area contributed by atoms with Crippen LogP contribution in [0.25, 0.3) is 0 Å². The molecule has 0 bridgehead atoms. The third-order valence-corrected chi connectivity index (χ3v) is 6.48. The van der Waals surface area contributed by atoms with Gasteiger partial charge in [-0.25, -0.2) is 12.7 Å². The number of hydrogen-bond acceptors (Lipinski definition) is 5. The molecule has 2 aliphatic heterocycles. The lowest BCUT2D eigenvalue weighted by atomic mass is 9.95. The van der Waals surface area contributed by atoms with Crippen LogP contribution >= 0.6 is 0 Å². The first-order valence-electron chi connectivity index (χ1n) is 8.28. The van der Waals surface area contributed by atoms with Gasteiger partial charge in [-0.1, -0.05) is 0 Å². The fourth-order valence-corrected chi connectivity index (χ4v) is 5.23. The first-order valence-corrected chi connectivity index (χ1v) is 9.89. The van der Waals surface area contributed by atoms with Crippen LogP contribution in [0.15, 0.2) is 24.3 Å². The third kappa shape index (κ3) is 3.55. The first kappa shape index (κ1) is 17.9. The lowest BCUT2D eigenvalue weighted by molar-refractivity contribution is -0.123. The van der Waals surface area contributed by atoms with E-state index in [1.807, 2.05) is 0 Å². The summed E-state index contributed by atoms with van der Waals surface area (Å²) in [5.41, 5.74) is -0.285. The van der Waals surface area contributed by atoms with Crippen LogP contribution in [0, 0.1) is 5.41 Å². The Morgan fingerprint density at radius 2 is 2.00 bits per heavy atom. The van der Waals surface area contributed by atoms with Crippen LogP contribution in [0.4, 0.5) is 5.69 Å². The zero-order chi connectivity index (χ0) is 18.2. The predicted molar refractivity (Wildman–Crippen MR) is 92.8 cm³/mol. The molecule has 7 nitrogen and oxygen atoms in total. The van der Waals surface area contributed by atoms with Crippen molar-refractivity contribution in [3.63, 3.8) is 0 Å². The van der Waals surface area contributed by atoms with E-state index in [9.17, 15) is 18.0 Å². The summed E-state index contributed by atoms with van der Waals surface area (Å²) in [6.45, 7) is 4.40. The van der Waals surface area contributed by atoms with E-state index in [2.05, 4.69) is 5.32 Å². The molecule has 0 aliphatic carbocycles. The summed E-state index contributed by atoms with van der Waals surface area (Å²) in [4.78, 5) is 24.5. The van der Waals surface area contributed by atoms with Crippen molar-refractivity contribution in [2.45, 2.75) is 32.8 Å². The van der Waals surface area contributed by atoms with Gasteiger partial charge in [-0.15, -0.1) is 0 Å². The summed E-state index contributed by atoms with van der Waals surface area (Å²) in [6.07, 6.45) is 1.99. The van der Waals surface area contributed by atoms with Crippen LogP contribution in [0.1, 0.15) is 37.0 Å². The normalized spacial score (nSPS) is 24.5. The second-order valence-electron chi connectivity index (χ2n) is 7.10. The van der Waals surface area contributed by atoms with Gasteiger partial charge in [0, 0.05) is 18.7 Å². The van der Waals surface area contributed by atoms with Gasteiger partial charge in [-0.05, 0) is 51.0 Å². The minimum atomic E-state index is -3.68. The number of amides is 2. The molecule has 8 heteroatoms. The zero-order valence-corrected chi connectivity index (χ0v) is 15.1. The van der Waals surface area contributed by atoms with Crippen molar-refractivity contribution in [3.05, 3.63) is 29.8 Å². The largest absolute Gasteiger partial charge is 0.376 e. The molecule has 1 aromatic rings. The maximum absolute atomic E-state index is 12.4. The molecule has 2 heterocycles. The molecule has 2 fully saturated rings. The van der Waals surface area contributed by atoms with E-state index in [-0.39, 0.29) is 23.5 Å². The van der Waals surface area contributed by atoms with E-state index >= 15 is 0 Å². The highest BCUT2D eigenvalue weighted by atomic mass is 32.2. The Bertz CT molecular complexity index is 780. The van der Waals surface area contributed by atoms with Gasteiger partial charge in [0.25, 0.3) is 5.91 Å². The van der Waals surface area contributed by atoms with Gasteiger partial charge in [-0.2, -0.15) is 0 Å². The van der Waals surface area contributed by atoms with Crippen molar-refractivity contribution in [1.29, 1.82) is 0 Å². The molecule has 0 unspecified atom stereocenters. The van der Waals surface area contributed by atoms with E-state index in [1.54, 1.807) is 13.8 Å². The molecule has 3 rings (SSSR count). The van der Waals surface area contributed by atoms with Gasteiger partial charge in [0.05, 0.1) is 23.0 Å². The van der Waals surface area contributed by atoms with Crippen LogP contribution in [0.2, 0.25) is 0 Å². The molecule has 136 valence electrons. The number of benzene rings is 1. The minimum absolute atomic E-state index is 0.0535. The quantitative estimate of drug-likeness (QED) is 0.867. The standard InChI is InChI=1S/C17H22N2O5S/c1-17(2)11-25(22,23)19(16(17)21)13-7-5-12(6-8-13)15(20)18-10-14-4-3-9-24-14/h5-8,14H,3-4,9-11H2,1-2H3,(H,18,20)/t14-/m1/s1. The van der Waals surface area contributed by atoms with Crippen LogP contribution in [-0.4, -0.2) is 45.2 Å². The number of carbonyl (C=O) groups is 2. The van der Waals surface area contributed by atoms with Crippen molar-refractivity contribution in [3.8, 4) is 0 Å². The van der Waals surface area contributed by atoms with E-state index in [1.165, 1.54) is 24.3 Å². The van der Waals surface area contributed by atoms with Crippen LogP contribution in [0.3, 0.4) is 0 Å². The van der Waals surface area contributed by atoms with Gasteiger partial charge in [0.2, 0.25) is 15.9 Å². The van der Waals surface area contributed by atoms with Crippen molar-refractivity contribution < 1.29 is 22.7 Å². The fraction of sp³-hybridized carbons (Fsp3) is 0.529. The first-order chi connectivity index (χ1) is 11.7. The number of ether oxygens (including phenoxy) is 1. The van der Waals surface area contributed by atoms with E-state index in [0.717, 1.165) is 23.8 Å².